The molecule has 8 nitrogen and oxygen atoms in total. The maximum absolute atomic E-state index is 12.0. The zero-order valence-electron chi connectivity index (χ0n) is 17.2. The molecule has 1 aliphatic rings. The molecule has 29 heavy (non-hydrogen) atoms. The minimum absolute atomic E-state index is 0.229. The summed E-state index contributed by atoms with van der Waals surface area (Å²) in [6.45, 7) is 8.16. The third-order valence-electron chi connectivity index (χ3n) is 4.61. The monoisotopic (exact) mass is 398 g/mol. The van der Waals surface area contributed by atoms with Gasteiger partial charge >= 0.3 is 11.9 Å². The fourth-order valence-electron chi connectivity index (χ4n) is 2.83. The number of esters is 1. The first-order valence-electron chi connectivity index (χ1n) is 9.51. The van der Waals surface area contributed by atoms with Crippen LogP contribution in [0.15, 0.2) is 36.7 Å². The molecule has 0 N–H and O–H groups in total. The standard InChI is InChI=1S/C21H26N4O4/c1-21(2,3)20(27)29-25-10-8-24(9-11-25)17-13-22-18(23-14-17)15-6-5-7-16(12-15)19(26)28-4/h5-7,12-14H,8-11H2,1-4H3. The first kappa shape index (κ1) is 20.7. The summed E-state index contributed by atoms with van der Waals surface area (Å²) >= 11 is 0. The summed E-state index contributed by atoms with van der Waals surface area (Å²) in [7, 11) is 1.35. The van der Waals surface area contributed by atoms with Gasteiger partial charge in [-0.05, 0) is 32.9 Å². The number of piperazine rings is 1. The van der Waals surface area contributed by atoms with Crippen LogP contribution in [0.5, 0.6) is 0 Å². The van der Waals surface area contributed by atoms with Crippen molar-refractivity contribution in [3.8, 4) is 11.4 Å². The Balaban J connectivity index is 1.62. The maximum atomic E-state index is 12.0. The van der Waals surface area contributed by atoms with E-state index in [0.717, 1.165) is 11.3 Å². The van der Waals surface area contributed by atoms with E-state index in [1.54, 1.807) is 35.7 Å². The fraction of sp³-hybridized carbons (Fsp3) is 0.429. The maximum Gasteiger partial charge on any atom is 0.337 e. The van der Waals surface area contributed by atoms with Crippen LogP contribution in [0.2, 0.25) is 0 Å². The van der Waals surface area contributed by atoms with E-state index in [4.69, 9.17) is 9.57 Å². The molecular weight excluding hydrogens is 372 g/mol. The van der Waals surface area contributed by atoms with Gasteiger partial charge in [0.2, 0.25) is 0 Å². The zero-order valence-corrected chi connectivity index (χ0v) is 17.2. The van der Waals surface area contributed by atoms with Crippen molar-refractivity contribution in [1.82, 2.24) is 15.0 Å². The van der Waals surface area contributed by atoms with Gasteiger partial charge in [0.15, 0.2) is 5.82 Å². The molecule has 1 aliphatic heterocycles. The third kappa shape index (κ3) is 5.08. The number of hydrogen-bond donors (Lipinski definition) is 0. The molecule has 1 aromatic heterocycles. The molecule has 2 aromatic rings. The van der Waals surface area contributed by atoms with Crippen molar-refractivity contribution < 1.29 is 19.2 Å². The molecule has 3 rings (SSSR count). The van der Waals surface area contributed by atoms with Crippen molar-refractivity contribution in [2.75, 3.05) is 38.2 Å². The summed E-state index contributed by atoms with van der Waals surface area (Å²) in [6, 6.07) is 7.03. The minimum Gasteiger partial charge on any atom is -0.465 e. The van der Waals surface area contributed by atoms with Gasteiger partial charge < -0.3 is 14.5 Å². The molecule has 0 saturated carbocycles. The van der Waals surface area contributed by atoms with Crippen LogP contribution in [0.25, 0.3) is 11.4 Å². The Hall–Kier alpha value is -3.00. The molecule has 1 aromatic carbocycles. The lowest BCUT2D eigenvalue weighted by molar-refractivity contribution is -0.201. The summed E-state index contributed by atoms with van der Waals surface area (Å²) in [5, 5.41) is 1.71. The SMILES string of the molecule is COC(=O)c1cccc(-c2ncc(N3CCN(OC(=O)C(C)(C)C)CC3)cn2)c1. The van der Waals surface area contributed by atoms with Gasteiger partial charge in [0.1, 0.15) is 0 Å². The van der Waals surface area contributed by atoms with Crippen molar-refractivity contribution in [2.45, 2.75) is 20.8 Å². The van der Waals surface area contributed by atoms with Crippen LogP contribution in [0.3, 0.4) is 0 Å². The number of carbonyl (C=O) groups excluding carboxylic acids is 2. The molecule has 0 aliphatic carbocycles. The van der Waals surface area contributed by atoms with Crippen molar-refractivity contribution in [2.24, 2.45) is 5.41 Å². The van der Waals surface area contributed by atoms with E-state index in [2.05, 4.69) is 14.9 Å². The number of nitrogens with zero attached hydrogens (tertiary/aromatic N) is 4. The predicted octanol–water partition coefficient (Wildman–Crippen LogP) is 2.56. The molecular formula is C21H26N4O4. The lowest BCUT2D eigenvalue weighted by atomic mass is 9.98. The van der Waals surface area contributed by atoms with E-state index >= 15 is 0 Å². The Morgan fingerprint density at radius 3 is 2.28 bits per heavy atom. The third-order valence-corrected chi connectivity index (χ3v) is 4.61. The molecule has 0 spiro atoms. The summed E-state index contributed by atoms with van der Waals surface area (Å²) in [5.41, 5.74) is 1.59. The normalized spacial score (nSPS) is 15.1. The molecule has 1 saturated heterocycles. The van der Waals surface area contributed by atoms with E-state index in [9.17, 15) is 9.59 Å². The van der Waals surface area contributed by atoms with Gasteiger partial charge in [0.25, 0.3) is 0 Å². The molecule has 2 heterocycles. The molecule has 0 unspecified atom stereocenters. The van der Waals surface area contributed by atoms with E-state index in [0.29, 0.717) is 37.6 Å². The average Bonchev–Trinajstić information content (AvgIpc) is 2.73. The lowest BCUT2D eigenvalue weighted by Gasteiger charge is -2.35. The molecule has 8 heteroatoms. The number of aromatic nitrogens is 2. The van der Waals surface area contributed by atoms with Crippen LogP contribution >= 0.6 is 0 Å². The van der Waals surface area contributed by atoms with E-state index in [1.165, 1.54) is 7.11 Å². The Kier molecular flexibility index (Phi) is 6.12. The van der Waals surface area contributed by atoms with Crippen LogP contribution in [0, 0.1) is 5.41 Å². The van der Waals surface area contributed by atoms with Crippen LogP contribution in [-0.4, -0.2) is 60.3 Å². The summed E-state index contributed by atoms with van der Waals surface area (Å²) in [6.07, 6.45) is 3.54. The summed E-state index contributed by atoms with van der Waals surface area (Å²) in [4.78, 5) is 40.2. The lowest BCUT2D eigenvalue weighted by Crippen LogP contribution is -2.48. The highest BCUT2D eigenvalue weighted by Gasteiger charge is 2.28. The first-order valence-corrected chi connectivity index (χ1v) is 9.51. The van der Waals surface area contributed by atoms with Crippen LogP contribution in [0.4, 0.5) is 5.69 Å². The van der Waals surface area contributed by atoms with Crippen LogP contribution in [0.1, 0.15) is 31.1 Å². The van der Waals surface area contributed by atoms with Crippen molar-refractivity contribution in [3.05, 3.63) is 42.2 Å². The molecule has 0 amide bonds. The van der Waals surface area contributed by atoms with Crippen molar-refractivity contribution in [1.29, 1.82) is 0 Å². The number of hydroxylamine groups is 2. The molecule has 154 valence electrons. The quantitative estimate of drug-likeness (QED) is 0.727. The Morgan fingerprint density at radius 2 is 1.69 bits per heavy atom. The van der Waals surface area contributed by atoms with Gasteiger partial charge in [-0.15, -0.1) is 5.06 Å². The van der Waals surface area contributed by atoms with Gasteiger partial charge in [0, 0.05) is 18.7 Å². The molecule has 1 fully saturated rings. The van der Waals surface area contributed by atoms with Crippen molar-refractivity contribution in [3.63, 3.8) is 0 Å². The number of hydrogen-bond acceptors (Lipinski definition) is 8. The topological polar surface area (TPSA) is 84.9 Å². The summed E-state index contributed by atoms with van der Waals surface area (Å²) < 4.78 is 4.76. The van der Waals surface area contributed by atoms with Crippen LogP contribution < -0.4 is 4.90 Å². The smallest absolute Gasteiger partial charge is 0.337 e. The number of ether oxygens (including phenoxy) is 1. The van der Waals surface area contributed by atoms with Gasteiger partial charge in [-0.25, -0.2) is 19.6 Å². The molecule has 0 radical (unpaired) electrons. The number of benzene rings is 1. The molecule has 0 atom stereocenters. The Labute approximate surface area is 170 Å². The largest absolute Gasteiger partial charge is 0.465 e. The molecule has 0 bridgehead atoms. The van der Waals surface area contributed by atoms with E-state index < -0.39 is 11.4 Å². The van der Waals surface area contributed by atoms with Gasteiger partial charge in [0.05, 0.1) is 49.3 Å². The number of anilines is 1. The highest BCUT2D eigenvalue weighted by atomic mass is 16.7. The average molecular weight is 398 g/mol. The minimum atomic E-state index is -0.522. The Bertz CT molecular complexity index is 869. The van der Waals surface area contributed by atoms with Gasteiger partial charge in [-0.2, -0.15) is 0 Å². The van der Waals surface area contributed by atoms with Crippen LogP contribution in [-0.2, 0) is 14.4 Å². The second-order valence-electron chi connectivity index (χ2n) is 7.88. The number of methoxy groups -OCH3 is 1. The van der Waals surface area contributed by atoms with E-state index in [1.807, 2.05) is 26.8 Å². The zero-order chi connectivity index (χ0) is 21.0. The fourth-order valence-corrected chi connectivity index (χ4v) is 2.83. The second kappa shape index (κ2) is 8.57. The Morgan fingerprint density at radius 1 is 1.03 bits per heavy atom. The van der Waals surface area contributed by atoms with E-state index in [-0.39, 0.29) is 5.97 Å². The number of carbonyl (C=O) groups is 2. The summed E-state index contributed by atoms with van der Waals surface area (Å²) in [5.74, 6) is -0.0847. The second-order valence-corrected chi connectivity index (χ2v) is 7.88. The highest BCUT2D eigenvalue weighted by Crippen LogP contribution is 2.21. The van der Waals surface area contributed by atoms with Crippen molar-refractivity contribution >= 4 is 17.6 Å². The van der Waals surface area contributed by atoms with Gasteiger partial charge in [-0.3, -0.25) is 0 Å². The number of rotatable bonds is 4. The van der Waals surface area contributed by atoms with Gasteiger partial charge in [-0.1, -0.05) is 12.1 Å². The first-order chi connectivity index (χ1) is 13.8. The highest BCUT2D eigenvalue weighted by molar-refractivity contribution is 5.90. The predicted molar refractivity (Wildman–Crippen MR) is 108 cm³/mol.